The van der Waals surface area contributed by atoms with Crippen LogP contribution in [0.5, 0.6) is 0 Å². The van der Waals surface area contributed by atoms with E-state index in [1.54, 1.807) is 0 Å². The molecule has 1 aliphatic heterocycles. The Morgan fingerprint density at radius 2 is 2.15 bits per heavy atom. The van der Waals surface area contributed by atoms with Gasteiger partial charge in [0.2, 0.25) is 0 Å². The molecule has 3 nitrogen and oxygen atoms in total. The molecule has 2 atom stereocenters. The zero-order valence-electron chi connectivity index (χ0n) is 9.21. The summed E-state index contributed by atoms with van der Waals surface area (Å²) in [5, 5.41) is 0. The van der Waals surface area contributed by atoms with E-state index in [4.69, 9.17) is 10.5 Å². The molecule has 1 aliphatic rings. The highest BCUT2D eigenvalue weighted by Crippen LogP contribution is 2.24. The first-order valence-corrected chi connectivity index (χ1v) is 5.03. The van der Waals surface area contributed by atoms with Crippen LogP contribution in [0, 0.1) is 0 Å². The van der Waals surface area contributed by atoms with Crippen molar-refractivity contribution in [2.24, 2.45) is 5.73 Å². The number of nitrogens with two attached hydrogens (primary N) is 1. The Kier molecular flexibility index (Phi) is 3.33. The minimum Gasteiger partial charge on any atom is -0.377 e. The summed E-state index contributed by atoms with van der Waals surface area (Å²) in [6.07, 6.45) is 1.47. The lowest BCUT2D eigenvalue weighted by atomic mass is 9.99. The number of likely N-dealkylation sites (N-methyl/N-ethyl adjacent to an activating group) is 1. The number of ether oxygens (including phenoxy) is 1. The zero-order valence-corrected chi connectivity index (χ0v) is 9.21. The molecule has 0 saturated carbocycles. The predicted molar refractivity (Wildman–Crippen MR) is 54.7 cm³/mol. The van der Waals surface area contributed by atoms with Crippen LogP contribution in [0.3, 0.4) is 0 Å². The molecular weight excluding hydrogens is 164 g/mol. The van der Waals surface area contributed by atoms with Gasteiger partial charge in [-0.05, 0) is 34.2 Å². The maximum Gasteiger partial charge on any atom is 0.0703 e. The van der Waals surface area contributed by atoms with Gasteiger partial charge in [-0.1, -0.05) is 0 Å². The smallest absolute Gasteiger partial charge is 0.0703 e. The molecule has 1 rings (SSSR count). The second-order valence-electron chi connectivity index (χ2n) is 4.56. The molecule has 2 N–H and O–H groups in total. The molecular formula is C10H22N2O. The number of hydrogen-bond donors (Lipinski definition) is 1. The third-order valence-corrected chi connectivity index (χ3v) is 3.29. The maximum absolute atomic E-state index is 5.74. The van der Waals surface area contributed by atoms with Crippen molar-refractivity contribution in [1.29, 1.82) is 0 Å². The van der Waals surface area contributed by atoms with E-state index < -0.39 is 0 Å². The van der Waals surface area contributed by atoms with Gasteiger partial charge in [-0.15, -0.1) is 0 Å². The van der Waals surface area contributed by atoms with Gasteiger partial charge < -0.3 is 10.5 Å². The Balaban J connectivity index is 2.60. The average molecular weight is 186 g/mol. The molecule has 1 fully saturated rings. The molecule has 78 valence electrons. The van der Waals surface area contributed by atoms with E-state index in [0.29, 0.717) is 18.7 Å². The summed E-state index contributed by atoms with van der Waals surface area (Å²) in [6, 6.07) is 0.526. The van der Waals surface area contributed by atoms with Crippen molar-refractivity contribution in [1.82, 2.24) is 4.90 Å². The van der Waals surface area contributed by atoms with E-state index in [2.05, 4.69) is 32.7 Å². The molecule has 0 radical (unpaired) electrons. The summed E-state index contributed by atoms with van der Waals surface area (Å²) in [7, 11) is 2.14. The molecule has 0 aromatic heterocycles. The van der Waals surface area contributed by atoms with Crippen molar-refractivity contribution in [3.8, 4) is 0 Å². The van der Waals surface area contributed by atoms with E-state index in [1.165, 1.54) is 0 Å². The molecule has 1 saturated heterocycles. The van der Waals surface area contributed by atoms with Crippen LogP contribution in [-0.2, 0) is 4.74 Å². The second kappa shape index (κ2) is 3.95. The summed E-state index contributed by atoms with van der Waals surface area (Å²) < 4.78 is 5.54. The Hall–Kier alpha value is -0.120. The van der Waals surface area contributed by atoms with Crippen LogP contribution in [0.25, 0.3) is 0 Å². The lowest BCUT2D eigenvalue weighted by Gasteiger charge is -2.40. The van der Waals surface area contributed by atoms with Gasteiger partial charge in [-0.25, -0.2) is 0 Å². The topological polar surface area (TPSA) is 38.5 Å². The van der Waals surface area contributed by atoms with Gasteiger partial charge in [-0.3, -0.25) is 4.90 Å². The molecule has 0 aliphatic carbocycles. The van der Waals surface area contributed by atoms with E-state index >= 15 is 0 Å². The Bertz CT molecular complexity index is 170. The molecule has 0 bridgehead atoms. The molecule has 2 unspecified atom stereocenters. The normalized spacial score (nSPS) is 30.0. The molecule has 0 aromatic carbocycles. The highest BCUT2D eigenvalue weighted by Gasteiger charge is 2.34. The van der Waals surface area contributed by atoms with E-state index in [9.17, 15) is 0 Å². The van der Waals surface area contributed by atoms with Crippen molar-refractivity contribution >= 4 is 0 Å². The average Bonchev–Trinajstić information content (AvgIpc) is 2.50. The van der Waals surface area contributed by atoms with E-state index in [0.717, 1.165) is 13.0 Å². The predicted octanol–water partition coefficient (Wildman–Crippen LogP) is 0.833. The molecule has 0 spiro atoms. The first-order chi connectivity index (χ1) is 5.99. The number of hydrogen-bond acceptors (Lipinski definition) is 3. The molecule has 13 heavy (non-hydrogen) atoms. The summed E-state index contributed by atoms with van der Waals surface area (Å²) in [5.41, 5.74) is 5.81. The van der Waals surface area contributed by atoms with E-state index in [-0.39, 0.29) is 5.54 Å². The fourth-order valence-corrected chi connectivity index (χ4v) is 1.82. The largest absolute Gasteiger partial charge is 0.377 e. The fourth-order valence-electron chi connectivity index (χ4n) is 1.82. The number of nitrogens with zero attached hydrogens (tertiary/aromatic N) is 1. The van der Waals surface area contributed by atoms with Crippen LogP contribution in [0.15, 0.2) is 0 Å². The van der Waals surface area contributed by atoms with Crippen LogP contribution in [0.4, 0.5) is 0 Å². The van der Waals surface area contributed by atoms with Gasteiger partial charge in [0.25, 0.3) is 0 Å². The van der Waals surface area contributed by atoms with Crippen molar-refractivity contribution in [2.45, 2.75) is 44.9 Å². The van der Waals surface area contributed by atoms with Crippen LogP contribution in [-0.4, -0.2) is 42.8 Å². The minimum atomic E-state index is 0.0760. The first-order valence-electron chi connectivity index (χ1n) is 5.03. The Labute approximate surface area is 81.2 Å². The second-order valence-corrected chi connectivity index (χ2v) is 4.56. The lowest BCUT2D eigenvalue weighted by Crippen LogP contribution is -2.53. The van der Waals surface area contributed by atoms with Gasteiger partial charge in [0.05, 0.1) is 6.10 Å². The third-order valence-electron chi connectivity index (χ3n) is 3.29. The number of rotatable bonds is 3. The highest BCUT2D eigenvalue weighted by atomic mass is 16.5. The monoisotopic (exact) mass is 186 g/mol. The van der Waals surface area contributed by atoms with Crippen molar-refractivity contribution in [3.63, 3.8) is 0 Å². The van der Waals surface area contributed by atoms with Gasteiger partial charge >= 0.3 is 0 Å². The third kappa shape index (κ3) is 2.22. The van der Waals surface area contributed by atoms with Crippen LogP contribution in [0.2, 0.25) is 0 Å². The SMILES string of the molecule is CC1OCCC1N(C)C(C)(C)CN. The van der Waals surface area contributed by atoms with Crippen LogP contribution in [0.1, 0.15) is 27.2 Å². The van der Waals surface area contributed by atoms with Crippen LogP contribution >= 0.6 is 0 Å². The van der Waals surface area contributed by atoms with Crippen molar-refractivity contribution in [2.75, 3.05) is 20.2 Å². The van der Waals surface area contributed by atoms with Crippen LogP contribution < -0.4 is 5.73 Å². The zero-order chi connectivity index (χ0) is 10.1. The first kappa shape index (κ1) is 11.0. The van der Waals surface area contributed by atoms with Gasteiger partial charge in [-0.2, -0.15) is 0 Å². The van der Waals surface area contributed by atoms with Crippen molar-refractivity contribution in [3.05, 3.63) is 0 Å². The maximum atomic E-state index is 5.74. The van der Waals surface area contributed by atoms with Gasteiger partial charge in [0.1, 0.15) is 0 Å². The molecule has 3 heteroatoms. The van der Waals surface area contributed by atoms with E-state index in [1.807, 2.05) is 0 Å². The lowest BCUT2D eigenvalue weighted by molar-refractivity contribution is 0.0435. The van der Waals surface area contributed by atoms with Crippen molar-refractivity contribution < 1.29 is 4.74 Å². The fraction of sp³-hybridized carbons (Fsp3) is 1.00. The quantitative estimate of drug-likeness (QED) is 0.709. The van der Waals surface area contributed by atoms with Gasteiger partial charge in [0, 0.05) is 24.7 Å². The standard InChI is InChI=1S/C10H22N2O/c1-8-9(5-6-13-8)12(4)10(2,3)7-11/h8-9H,5-7,11H2,1-4H3. The van der Waals surface area contributed by atoms with Gasteiger partial charge in [0.15, 0.2) is 0 Å². The molecule has 0 aromatic rings. The Morgan fingerprint density at radius 3 is 2.54 bits per heavy atom. The summed E-state index contributed by atoms with van der Waals surface area (Å²) in [4.78, 5) is 2.35. The molecule has 0 amide bonds. The summed E-state index contributed by atoms with van der Waals surface area (Å²) >= 11 is 0. The summed E-state index contributed by atoms with van der Waals surface area (Å²) in [5.74, 6) is 0. The Morgan fingerprint density at radius 1 is 1.54 bits per heavy atom. The summed E-state index contributed by atoms with van der Waals surface area (Å²) in [6.45, 7) is 8.07. The highest BCUT2D eigenvalue weighted by molar-refractivity contribution is 4.90. The minimum absolute atomic E-state index is 0.0760. The molecule has 1 heterocycles.